The highest BCUT2D eigenvalue weighted by Gasteiger charge is 2.25. The molecule has 0 amide bonds. The molecule has 98 valence electrons. The third kappa shape index (κ3) is 3.03. The van der Waals surface area contributed by atoms with E-state index >= 15 is 0 Å². The van der Waals surface area contributed by atoms with Gasteiger partial charge in [-0.3, -0.25) is 0 Å². The first kappa shape index (κ1) is 12.9. The number of hydrogen-bond acceptors (Lipinski definition) is 5. The Kier molecular flexibility index (Phi) is 3.89. The topological polar surface area (TPSA) is 87.0 Å². The molecule has 1 saturated heterocycles. The molecule has 8 nitrogen and oxygen atoms in total. The Bertz CT molecular complexity index is 525. The Hall–Kier alpha value is -1.52. The van der Waals surface area contributed by atoms with Gasteiger partial charge in [0.25, 0.3) is 5.96 Å². The zero-order valence-electron chi connectivity index (χ0n) is 9.53. The van der Waals surface area contributed by atoms with E-state index in [9.17, 15) is 10.1 Å². The summed E-state index contributed by atoms with van der Waals surface area (Å²) < 4.78 is 5.97. The second-order valence-corrected chi connectivity index (χ2v) is 5.44. The summed E-state index contributed by atoms with van der Waals surface area (Å²) in [6.07, 6.45) is 1.78. The molecule has 1 aliphatic heterocycles. The lowest BCUT2D eigenvalue weighted by atomic mass is 10.5. The fraction of sp³-hybridized carbons (Fsp3) is 0.500. The molecule has 0 unspecified atom stereocenters. The van der Waals surface area contributed by atoms with Gasteiger partial charge < -0.3 is 19.5 Å². The number of guanidine groups is 1. The quantitative estimate of drug-likeness (QED) is 0.508. The van der Waals surface area contributed by atoms with Crippen molar-refractivity contribution < 1.29 is 9.77 Å². The standard InChI is InChI=1S/C8H11N5O3S2/c1-11-4-16-5-12(7(11)10-13(14)15)3-6-2-9-8(17)18-6/h2H,3-5H2,1H3,(H,9,17). The van der Waals surface area contributed by atoms with Gasteiger partial charge in [-0.05, 0) is 12.2 Å². The van der Waals surface area contributed by atoms with E-state index in [1.54, 1.807) is 23.0 Å². The molecular weight excluding hydrogens is 278 g/mol. The third-order valence-corrected chi connectivity index (χ3v) is 3.43. The molecule has 0 aromatic carbocycles. The number of rotatable bonds is 3. The number of ether oxygens (including phenoxy) is 1. The molecule has 0 bridgehead atoms. The SMILES string of the molecule is CN1COCN(Cc2c[nH]c(=S)s2)C1=N[N+](=O)[O-]. The smallest absolute Gasteiger partial charge is 0.277 e. The van der Waals surface area contributed by atoms with Crippen molar-refractivity contribution in [2.24, 2.45) is 5.10 Å². The summed E-state index contributed by atoms with van der Waals surface area (Å²) in [5.74, 6) is 0.283. The summed E-state index contributed by atoms with van der Waals surface area (Å²) in [4.78, 5) is 17.7. The van der Waals surface area contributed by atoms with Crippen LogP contribution < -0.4 is 0 Å². The van der Waals surface area contributed by atoms with Crippen LogP contribution in [0.3, 0.4) is 0 Å². The van der Waals surface area contributed by atoms with Crippen LogP contribution in [0.2, 0.25) is 0 Å². The molecule has 10 heteroatoms. The van der Waals surface area contributed by atoms with Crippen molar-refractivity contribution in [1.29, 1.82) is 0 Å². The maximum Gasteiger partial charge on any atom is 0.277 e. The molecule has 2 heterocycles. The molecular formula is C8H11N5O3S2. The fourth-order valence-corrected chi connectivity index (χ4v) is 2.63. The van der Waals surface area contributed by atoms with Gasteiger partial charge in [-0.2, -0.15) is 0 Å². The van der Waals surface area contributed by atoms with Crippen molar-refractivity contribution in [2.45, 2.75) is 6.54 Å². The van der Waals surface area contributed by atoms with Crippen molar-refractivity contribution in [3.8, 4) is 0 Å². The van der Waals surface area contributed by atoms with Gasteiger partial charge in [-0.25, -0.2) is 10.1 Å². The lowest BCUT2D eigenvalue weighted by Gasteiger charge is -2.34. The van der Waals surface area contributed by atoms with Crippen LogP contribution in [-0.4, -0.2) is 46.3 Å². The number of nitrogens with zero attached hydrogens (tertiary/aromatic N) is 4. The Labute approximate surface area is 112 Å². The number of nitro groups is 1. The van der Waals surface area contributed by atoms with Gasteiger partial charge in [0, 0.05) is 18.1 Å². The lowest BCUT2D eigenvalue weighted by molar-refractivity contribution is -0.486. The number of H-pyrrole nitrogens is 1. The number of aromatic amines is 1. The number of thiazole rings is 1. The van der Waals surface area contributed by atoms with E-state index in [1.807, 2.05) is 0 Å². The van der Waals surface area contributed by atoms with Crippen LogP contribution in [0, 0.1) is 14.1 Å². The van der Waals surface area contributed by atoms with E-state index in [0.29, 0.717) is 10.5 Å². The Morgan fingerprint density at radius 3 is 3.11 bits per heavy atom. The first-order chi connectivity index (χ1) is 8.56. The molecule has 0 spiro atoms. The van der Waals surface area contributed by atoms with E-state index in [2.05, 4.69) is 10.1 Å². The fourth-order valence-electron chi connectivity index (χ4n) is 1.56. The minimum Gasteiger partial charge on any atom is -0.343 e. The molecule has 1 fully saturated rings. The van der Waals surface area contributed by atoms with Crippen molar-refractivity contribution in [2.75, 3.05) is 20.5 Å². The summed E-state index contributed by atoms with van der Waals surface area (Å²) in [5.41, 5.74) is 0. The van der Waals surface area contributed by atoms with Crippen LogP contribution in [0.1, 0.15) is 4.88 Å². The zero-order valence-corrected chi connectivity index (χ0v) is 11.2. The van der Waals surface area contributed by atoms with E-state index in [0.717, 1.165) is 4.88 Å². The average molecular weight is 289 g/mol. The maximum atomic E-state index is 10.5. The van der Waals surface area contributed by atoms with Gasteiger partial charge in [-0.15, -0.1) is 11.3 Å². The van der Waals surface area contributed by atoms with Crippen molar-refractivity contribution in [3.63, 3.8) is 0 Å². The highest BCUT2D eigenvalue weighted by molar-refractivity contribution is 7.73. The first-order valence-corrected chi connectivity index (χ1v) is 6.23. The number of hydrogen-bond donors (Lipinski definition) is 1. The monoisotopic (exact) mass is 289 g/mol. The van der Waals surface area contributed by atoms with Crippen LogP contribution in [0.5, 0.6) is 0 Å². The molecule has 0 saturated carbocycles. The van der Waals surface area contributed by atoms with Crippen molar-refractivity contribution >= 4 is 29.5 Å². The van der Waals surface area contributed by atoms with E-state index in [4.69, 9.17) is 17.0 Å². The summed E-state index contributed by atoms with van der Waals surface area (Å²) >= 11 is 6.41. The second kappa shape index (κ2) is 5.42. The van der Waals surface area contributed by atoms with Gasteiger partial charge in [-0.1, -0.05) is 0 Å². The largest absolute Gasteiger partial charge is 0.343 e. The van der Waals surface area contributed by atoms with Gasteiger partial charge in [0.1, 0.15) is 18.6 Å². The van der Waals surface area contributed by atoms with Gasteiger partial charge in [0.05, 0.1) is 6.54 Å². The lowest BCUT2D eigenvalue weighted by Crippen LogP contribution is -2.49. The zero-order chi connectivity index (χ0) is 13.1. The molecule has 1 aromatic heterocycles. The highest BCUT2D eigenvalue weighted by Crippen LogP contribution is 2.15. The Morgan fingerprint density at radius 1 is 1.72 bits per heavy atom. The maximum absolute atomic E-state index is 10.5. The Morgan fingerprint density at radius 2 is 2.50 bits per heavy atom. The van der Waals surface area contributed by atoms with Crippen LogP contribution in [0.15, 0.2) is 11.3 Å². The van der Waals surface area contributed by atoms with Crippen LogP contribution in [0.25, 0.3) is 0 Å². The van der Waals surface area contributed by atoms with Crippen LogP contribution >= 0.6 is 23.6 Å². The van der Waals surface area contributed by atoms with Crippen LogP contribution in [-0.2, 0) is 11.3 Å². The Balaban J connectivity index is 2.18. The molecule has 1 aromatic rings. The number of aromatic nitrogens is 1. The number of hydrazone groups is 1. The minimum atomic E-state index is -0.705. The van der Waals surface area contributed by atoms with Gasteiger partial charge >= 0.3 is 0 Å². The van der Waals surface area contributed by atoms with E-state index in [-0.39, 0.29) is 19.4 Å². The molecule has 0 atom stereocenters. The van der Waals surface area contributed by atoms with Crippen molar-refractivity contribution in [1.82, 2.24) is 14.8 Å². The molecule has 1 aliphatic rings. The third-order valence-electron chi connectivity index (χ3n) is 2.25. The summed E-state index contributed by atoms with van der Waals surface area (Å²) in [6, 6.07) is 0. The van der Waals surface area contributed by atoms with Crippen LogP contribution in [0.4, 0.5) is 0 Å². The normalized spacial score (nSPS) is 18.4. The minimum absolute atomic E-state index is 0.266. The van der Waals surface area contributed by atoms with Gasteiger partial charge in [0.15, 0.2) is 8.99 Å². The summed E-state index contributed by atoms with van der Waals surface area (Å²) in [5, 5.41) is 13.2. The number of nitrogens with one attached hydrogen (secondary N) is 1. The predicted molar refractivity (Wildman–Crippen MR) is 68.1 cm³/mol. The molecule has 18 heavy (non-hydrogen) atoms. The van der Waals surface area contributed by atoms with E-state index in [1.165, 1.54) is 11.3 Å². The average Bonchev–Trinajstić information content (AvgIpc) is 2.69. The summed E-state index contributed by atoms with van der Waals surface area (Å²) in [7, 11) is 1.69. The predicted octanol–water partition coefficient (Wildman–Crippen LogP) is 1.03. The van der Waals surface area contributed by atoms with Crippen molar-refractivity contribution in [3.05, 3.63) is 25.1 Å². The molecule has 2 rings (SSSR count). The molecule has 1 N–H and O–H groups in total. The van der Waals surface area contributed by atoms with Gasteiger partial charge in [0.2, 0.25) is 0 Å². The van der Waals surface area contributed by atoms with E-state index < -0.39 is 5.03 Å². The summed E-state index contributed by atoms with van der Waals surface area (Å²) in [6.45, 7) is 1.02. The highest BCUT2D eigenvalue weighted by atomic mass is 32.1. The second-order valence-electron chi connectivity index (χ2n) is 3.64. The molecule has 0 aliphatic carbocycles. The first-order valence-electron chi connectivity index (χ1n) is 5.00. The molecule has 0 radical (unpaired) electrons.